The molecule has 0 aliphatic rings. The third kappa shape index (κ3) is 5.00. The Morgan fingerprint density at radius 2 is 1.86 bits per heavy atom. The highest BCUT2D eigenvalue weighted by Gasteiger charge is 2.23. The van der Waals surface area contributed by atoms with Crippen molar-refractivity contribution in [1.29, 1.82) is 0 Å². The summed E-state index contributed by atoms with van der Waals surface area (Å²) in [6, 6.07) is 8.03. The number of benzene rings is 2. The average molecular weight is 550 g/mol. The second kappa shape index (κ2) is 10.4. The highest BCUT2D eigenvalue weighted by atomic mass is 35.5. The average Bonchev–Trinajstić information content (AvgIpc) is 3.19. The van der Waals surface area contributed by atoms with Gasteiger partial charge in [-0.15, -0.1) is 0 Å². The molecular weight excluding hydrogens is 527 g/mol. The van der Waals surface area contributed by atoms with Gasteiger partial charge in [-0.25, -0.2) is 14.5 Å². The minimum atomic E-state index is -0.369. The lowest BCUT2D eigenvalue weighted by molar-refractivity contribution is 0.254. The lowest BCUT2D eigenvalue weighted by Gasteiger charge is -2.12. The Morgan fingerprint density at radius 3 is 2.47 bits per heavy atom. The number of H-pyrrole nitrogens is 1. The third-order valence-electron chi connectivity index (χ3n) is 5.47. The fourth-order valence-corrected chi connectivity index (χ4v) is 4.78. The minimum absolute atomic E-state index is 0.0584. The molecule has 0 saturated carbocycles. The van der Waals surface area contributed by atoms with E-state index in [0.29, 0.717) is 44.7 Å². The Bertz CT molecular complexity index is 1510. The van der Waals surface area contributed by atoms with Crippen molar-refractivity contribution in [2.75, 3.05) is 19.5 Å². The first-order valence-electron chi connectivity index (χ1n) is 10.9. The summed E-state index contributed by atoms with van der Waals surface area (Å²) in [5, 5.41) is 11.1. The van der Waals surface area contributed by atoms with Crippen molar-refractivity contribution in [2.45, 2.75) is 26.2 Å². The zero-order chi connectivity index (χ0) is 26.1. The Kier molecular flexibility index (Phi) is 7.44. The number of carbonyl (C=O) groups is 1. The fraction of sp³-hybridized carbons (Fsp3) is 0.250. The number of nitrogens with zero attached hydrogens (tertiary/aromatic N) is 3. The number of anilines is 1. The lowest BCUT2D eigenvalue weighted by atomic mass is 10.1. The molecule has 0 bridgehead atoms. The molecular formula is C24H23Cl3N6O3. The van der Waals surface area contributed by atoms with Crippen LogP contribution < -0.4 is 20.9 Å². The molecule has 36 heavy (non-hydrogen) atoms. The van der Waals surface area contributed by atoms with Crippen LogP contribution in [0, 0.1) is 0 Å². The molecule has 2 amide bonds. The van der Waals surface area contributed by atoms with E-state index in [9.17, 15) is 9.59 Å². The van der Waals surface area contributed by atoms with Crippen LogP contribution in [0.15, 0.2) is 35.1 Å². The van der Waals surface area contributed by atoms with Gasteiger partial charge in [-0.3, -0.25) is 4.79 Å². The molecule has 2 aromatic carbocycles. The van der Waals surface area contributed by atoms with Crippen molar-refractivity contribution in [2.24, 2.45) is 0 Å². The summed E-state index contributed by atoms with van der Waals surface area (Å²) >= 11 is 19.0. The van der Waals surface area contributed by atoms with Crippen molar-refractivity contribution in [3.63, 3.8) is 0 Å². The number of methoxy groups -OCH3 is 1. The first kappa shape index (κ1) is 25.8. The summed E-state index contributed by atoms with van der Waals surface area (Å²) in [5.74, 6) is 0.808. The zero-order valence-corrected chi connectivity index (χ0v) is 22.1. The van der Waals surface area contributed by atoms with E-state index in [1.807, 2.05) is 19.9 Å². The number of amides is 2. The van der Waals surface area contributed by atoms with Crippen LogP contribution in [0.25, 0.3) is 16.7 Å². The van der Waals surface area contributed by atoms with Gasteiger partial charge in [0.2, 0.25) is 0 Å². The maximum Gasteiger partial charge on any atom is 0.319 e. The summed E-state index contributed by atoms with van der Waals surface area (Å²) in [5.41, 5.74) is 2.26. The molecule has 2 aromatic heterocycles. The Labute approximate surface area is 221 Å². The van der Waals surface area contributed by atoms with Crippen LogP contribution in [0.5, 0.6) is 5.75 Å². The number of urea groups is 1. The van der Waals surface area contributed by atoms with E-state index in [4.69, 9.17) is 44.5 Å². The van der Waals surface area contributed by atoms with Crippen molar-refractivity contribution in [1.82, 2.24) is 25.1 Å². The predicted molar refractivity (Wildman–Crippen MR) is 142 cm³/mol. The zero-order valence-electron chi connectivity index (χ0n) is 19.9. The lowest BCUT2D eigenvalue weighted by Crippen LogP contribution is -2.24. The monoisotopic (exact) mass is 548 g/mol. The van der Waals surface area contributed by atoms with Crippen LogP contribution in [0.2, 0.25) is 15.1 Å². The number of hydrogen-bond acceptors (Lipinski definition) is 5. The number of nitrogens with one attached hydrogen (secondary N) is 3. The molecule has 12 heteroatoms. The molecule has 0 aliphatic carbocycles. The van der Waals surface area contributed by atoms with Gasteiger partial charge in [-0.2, -0.15) is 5.10 Å². The van der Waals surface area contributed by atoms with E-state index in [2.05, 4.69) is 20.7 Å². The number of rotatable bonds is 6. The molecule has 0 radical (unpaired) electrons. The summed E-state index contributed by atoms with van der Waals surface area (Å²) in [4.78, 5) is 32.5. The van der Waals surface area contributed by atoms with Crippen LogP contribution in [0.4, 0.5) is 10.5 Å². The molecule has 4 rings (SSSR count). The largest absolute Gasteiger partial charge is 0.495 e. The molecule has 0 fully saturated rings. The third-order valence-corrected chi connectivity index (χ3v) is 6.26. The number of hydrogen-bond donors (Lipinski definition) is 3. The van der Waals surface area contributed by atoms with Gasteiger partial charge >= 0.3 is 6.03 Å². The van der Waals surface area contributed by atoms with Crippen molar-refractivity contribution < 1.29 is 9.53 Å². The second-order valence-corrected chi connectivity index (χ2v) is 9.55. The molecule has 2 heterocycles. The highest BCUT2D eigenvalue weighted by molar-refractivity contribution is 6.40. The molecule has 0 unspecified atom stereocenters. The highest BCUT2D eigenvalue weighted by Crippen LogP contribution is 2.35. The van der Waals surface area contributed by atoms with E-state index in [0.717, 1.165) is 5.56 Å². The first-order chi connectivity index (χ1) is 17.1. The Morgan fingerprint density at radius 1 is 1.17 bits per heavy atom. The number of carbonyl (C=O) groups excluding carboxylic acids is 1. The van der Waals surface area contributed by atoms with Crippen LogP contribution in [-0.4, -0.2) is 39.9 Å². The molecule has 0 atom stereocenters. The van der Waals surface area contributed by atoms with Gasteiger partial charge in [0.1, 0.15) is 22.6 Å². The summed E-state index contributed by atoms with van der Waals surface area (Å²) < 4.78 is 6.90. The number of aromatic nitrogens is 4. The molecule has 3 N–H and O–H groups in total. The summed E-state index contributed by atoms with van der Waals surface area (Å²) in [7, 11) is 3.03. The van der Waals surface area contributed by atoms with E-state index in [-0.39, 0.29) is 34.0 Å². The van der Waals surface area contributed by atoms with Crippen LogP contribution in [-0.2, 0) is 6.42 Å². The van der Waals surface area contributed by atoms with Crippen LogP contribution in [0.1, 0.15) is 36.8 Å². The molecule has 0 saturated heterocycles. The second-order valence-electron chi connectivity index (χ2n) is 8.30. The summed E-state index contributed by atoms with van der Waals surface area (Å²) in [6.45, 7) is 3.87. The SMILES string of the molecule is CNC(=O)Nc1ccc(Cc2nc3c(c(C(C)C)nn3-c3c(Cl)cc(Cl)cc3Cl)c(=O)[nH]2)cc1OC. The minimum Gasteiger partial charge on any atom is -0.495 e. The van der Waals surface area contributed by atoms with E-state index < -0.39 is 0 Å². The van der Waals surface area contributed by atoms with Crippen molar-refractivity contribution in [3.05, 3.63) is 72.8 Å². The van der Waals surface area contributed by atoms with Gasteiger partial charge in [0.25, 0.3) is 5.56 Å². The maximum absolute atomic E-state index is 13.2. The predicted octanol–water partition coefficient (Wildman–Crippen LogP) is 5.54. The van der Waals surface area contributed by atoms with Gasteiger partial charge in [0, 0.05) is 18.5 Å². The molecule has 0 aliphatic heterocycles. The number of ether oxygens (including phenoxy) is 1. The van der Waals surface area contributed by atoms with Crippen LogP contribution >= 0.6 is 34.8 Å². The number of fused-ring (bicyclic) bond motifs is 1. The topological polar surface area (TPSA) is 114 Å². The molecule has 9 nitrogen and oxygen atoms in total. The fourth-order valence-electron chi connectivity index (χ4n) is 3.80. The number of halogens is 3. The standard InChI is InChI=1S/C24H23Cl3N6O3/c1-11(2)20-19-22(33(32-20)21-14(26)9-13(25)10-15(21)27)30-18(31-23(19)34)8-12-5-6-16(17(7-12)36-4)29-24(35)28-3/h5-7,9-11H,8H2,1-4H3,(H2,28,29,35)(H,30,31,34). The van der Waals surface area contributed by atoms with Gasteiger partial charge < -0.3 is 20.4 Å². The van der Waals surface area contributed by atoms with Gasteiger partial charge in [-0.1, -0.05) is 54.7 Å². The number of aromatic amines is 1. The van der Waals surface area contributed by atoms with Crippen LogP contribution in [0.3, 0.4) is 0 Å². The van der Waals surface area contributed by atoms with Crippen molar-refractivity contribution >= 4 is 57.6 Å². The molecule has 0 spiro atoms. The van der Waals surface area contributed by atoms with Gasteiger partial charge in [0.05, 0.1) is 28.5 Å². The quantitative estimate of drug-likeness (QED) is 0.292. The smallest absolute Gasteiger partial charge is 0.319 e. The summed E-state index contributed by atoms with van der Waals surface area (Å²) in [6.07, 6.45) is 0.284. The normalized spacial score (nSPS) is 11.2. The van der Waals surface area contributed by atoms with E-state index in [1.54, 1.807) is 24.3 Å². The maximum atomic E-state index is 13.2. The van der Waals surface area contributed by atoms with Crippen molar-refractivity contribution in [3.8, 4) is 11.4 Å². The molecule has 4 aromatic rings. The van der Waals surface area contributed by atoms with E-state index in [1.165, 1.54) is 18.8 Å². The molecule has 188 valence electrons. The van der Waals surface area contributed by atoms with Gasteiger partial charge in [-0.05, 0) is 35.7 Å². The first-order valence-corrected chi connectivity index (χ1v) is 12.1. The Balaban J connectivity index is 1.83. The Hall–Kier alpha value is -3.27. The van der Waals surface area contributed by atoms with Gasteiger partial charge in [0.15, 0.2) is 5.65 Å². The van der Waals surface area contributed by atoms with E-state index >= 15 is 0 Å².